The summed E-state index contributed by atoms with van der Waals surface area (Å²) in [7, 11) is 0. The first-order valence-electron chi connectivity index (χ1n) is 8.58. The van der Waals surface area contributed by atoms with Gasteiger partial charge >= 0.3 is 12.1 Å². The van der Waals surface area contributed by atoms with Crippen LogP contribution < -0.4 is 15.4 Å². The Morgan fingerprint density at radius 2 is 1.79 bits per heavy atom. The highest BCUT2D eigenvalue weighted by molar-refractivity contribution is 5.99. The molecule has 1 rings (SSSR count). The number of hydrogen-bond donors (Lipinski definition) is 2. The van der Waals surface area contributed by atoms with Crippen LogP contribution in [0.2, 0.25) is 0 Å². The monoisotopic (exact) mass is 404 g/mol. The molecule has 0 heterocycles. The minimum atomic E-state index is -4.57. The van der Waals surface area contributed by atoms with Crippen LogP contribution in [0, 0.1) is 5.92 Å². The first-order chi connectivity index (χ1) is 13.0. The SMILES string of the molecule is CCOc1ccccc1C(=O)N[C@H](C(=O)OCC(=O)NCC(F)(F)F)C(C)C. The number of rotatable bonds is 9. The summed E-state index contributed by atoms with van der Waals surface area (Å²) in [6.45, 7) is 2.97. The Morgan fingerprint density at radius 1 is 1.14 bits per heavy atom. The zero-order valence-corrected chi connectivity index (χ0v) is 15.8. The largest absolute Gasteiger partial charge is 0.493 e. The molecule has 2 N–H and O–H groups in total. The fourth-order valence-corrected chi connectivity index (χ4v) is 2.13. The number of carbonyl (C=O) groups excluding carboxylic acids is 3. The van der Waals surface area contributed by atoms with Crippen LogP contribution in [0.4, 0.5) is 13.2 Å². The van der Waals surface area contributed by atoms with Crippen molar-refractivity contribution in [1.82, 2.24) is 10.6 Å². The molecule has 0 aromatic heterocycles. The molecule has 0 spiro atoms. The van der Waals surface area contributed by atoms with Crippen LogP contribution >= 0.6 is 0 Å². The number of nitrogens with one attached hydrogen (secondary N) is 2. The smallest absolute Gasteiger partial charge is 0.405 e. The highest BCUT2D eigenvalue weighted by atomic mass is 19.4. The maximum atomic E-state index is 12.5. The lowest BCUT2D eigenvalue weighted by molar-refractivity contribution is -0.153. The number of carbonyl (C=O) groups is 3. The third kappa shape index (κ3) is 7.85. The molecule has 0 aliphatic heterocycles. The minimum absolute atomic E-state index is 0.214. The molecule has 0 fully saturated rings. The first kappa shape index (κ1) is 23.3. The normalized spacial score (nSPS) is 12.2. The van der Waals surface area contributed by atoms with E-state index in [2.05, 4.69) is 5.32 Å². The predicted octanol–water partition coefficient (Wildman–Crippen LogP) is 2.06. The van der Waals surface area contributed by atoms with Gasteiger partial charge in [0, 0.05) is 0 Å². The van der Waals surface area contributed by atoms with E-state index < -0.39 is 49.1 Å². The van der Waals surface area contributed by atoms with Crippen LogP contribution in [-0.2, 0) is 14.3 Å². The molecular weight excluding hydrogens is 381 g/mol. The number of halogens is 3. The van der Waals surface area contributed by atoms with Gasteiger partial charge in [-0.2, -0.15) is 13.2 Å². The molecule has 1 atom stereocenters. The van der Waals surface area contributed by atoms with Gasteiger partial charge in [0.15, 0.2) is 6.61 Å². The molecule has 0 saturated heterocycles. The van der Waals surface area contributed by atoms with Crippen LogP contribution in [0.15, 0.2) is 24.3 Å². The molecule has 0 unspecified atom stereocenters. The van der Waals surface area contributed by atoms with Crippen LogP contribution in [0.5, 0.6) is 5.75 Å². The fraction of sp³-hybridized carbons (Fsp3) is 0.500. The number of ether oxygens (including phenoxy) is 2. The van der Waals surface area contributed by atoms with Crippen molar-refractivity contribution in [2.45, 2.75) is 33.0 Å². The highest BCUT2D eigenvalue weighted by Gasteiger charge is 2.29. The summed E-state index contributed by atoms with van der Waals surface area (Å²) < 4.78 is 46.3. The quantitative estimate of drug-likeness (QED) is 0.615. The van der Waals surface area contributed by atoms with Gasteiger partial charge in [0.1, 0.15) is 18.3 Å². The molecule has 0 saturated carbocycles. The van der Waals surface area contributed by atoms with E-state index in [-0.39, 0.29) is 5.56 Å². The van der Waals surface area contributed by atoms with E-state index in [4.69, 9.17) is 9.47 Å². The molecule has 10 heteroatoms. The van der Waals surface area contributed by atoms with Crippen LogP contribution in [0.3, 0.4) is 0 Å². The predicted molar refractivity (Wildman–Crippen MR) is 93.7 cm³/mol. The number of hydrogen-bond acceptors (Lipinski definition) is 5. The second-order valence-electron chi connectivity index (χ2n) is 6.12. The summed E-state index contributed by atoms with van der Waals surface area (Å²) >= 11 is 0. The molecule has 0 bridgehead atoms. The number of amides is 2. The molecule has 1 aromatic carbocycles. The molecule has 28 heavy (non-hydrogen) atoms. The van der Waals surface area contributed by atoms with Crippen molar-refractivity contribution in [3.05, 3.63) is 29.8 Å². The van der Waals surface area contributed by atoms with Crippen molar-refractivity contribution in [1.29, 1.82) is 0 Å². The lowest BCUT2D eigenvalue weighted by Gasteiger charge is -2.21. The minimum Gasteiger partial charge on any atom is -0.493 e. The van der Waals surface area contributed by atoms with Gasteiger partial charge in [-0.1, -0.05) is 26.0 Å². The maximum Gasteiger partial charge on any atom is 0.405 e. The van der Waals surface area contributed by atoms with Gasteiger partial charge < -0.3 is 20.1 Å². The van der Waals surface area contributed by atoms with Gasteiger partial charge in [-0.05, 0) is 25.0 Å². The summed E-state index contributed by atoms with van der Waals surface area (Å²) in [5.41, 5.74) is 0.214. The van der Waals surface area contributed by atoms with Gasteiger partial charge in [0.05, 0.1) is 12.2 Å². The number of benzene rings is 1. The molecule has 2 amide bonds. The third-order valence-corrected chi connectivity index (χ3v) is 3.47. The lowest BCUT2D eigenvalue weighted by atomic mass is 10.0. The van der Waals surface area contributed by atoms with E-state index in [0.29, 0.717) is 12.4 Å². The summed E-state index contributed by atoms with van der Waals surface area (Å²) in [6, 6.07) is 5.35. The zero-order chi connectivity index (χ0) is 21.3. The van der Waals surface area contributed by atoms with Gasteiger partial charge in [0.25, 0.3) is 11.8 Å². The average molecular weight is 404 g/mol. The Kier molecular flexibility index (Phi) is 8.75. The Hall–Kier alpha value is -2.78. The summed E-state index contributed by atoms with van der Waals surface area (Å²) in [5, 5.41) is 4.10. The highest BCUT2D eigenvalue weighted by Crippen LogP contribution is 2.18. The van der Waals surface area contributed by atoms with Crippen LogP contribution in [-0.4, -0.2) is 49.8 Å². The number of esters is 1. The first-order valence-corrected chi connectivity index (χ1v) is 8.58. The van der Waals surface area contributed by atoms with E-state index >= 15 is 0 Å². The Morgan fingerprint density at radius 3 is 2.36 bits per heavy atom. The van der Waals surface area contributed by atoms with E-state index in [9.17, 15) is 27.6 Å². The van der Waals surface area contributed by atoms with Crippen molar-refractivity contribution < 1.29 is 37.0 Å². The summed E-state index contributed by atoms with van der Waals surface area (Å²) in [6.07, 6.45) is -4.57. The molecule has 0 aliphatic carbocycles. The lowest BCUT2D eigenvalue weighted by Crippen LogP contribution is -2.46. The second-order valence-corrected chi connectivity index (χ2v) is 6.12. The van der Waals surface area contributed by atoms with Crippen molar-refractivity contribution in [3.63, 3.8) is 0 Å². The number of para-hydroxylation sites is 1. The molecule has 1 aromatic rings. The molecular formula is C18H23F3N2O5. The van der Waals surface area contributed by atoms with Crippen molar-refractivity contribution in [2.24, 2.45) is 5.92 Å². The van der Waals surface area contributed by atoms with E-state index in [1.807, 2.05) is 0 Å². The molecule has 156 valence electrons. The van der Waals surface area contributed by atoms with Crippen molar-refractivity contribution in [3.8, 4) is 5.75 Å². The van der Waals surface area contributed by atoms with Crippen molar-refractivity contribution in [2.75, 3.05) is 19.8 Å². The molecule has 0 radical (unpaired) electrons. The molecule has 7 nitrogen and oxygen atoms in total. The Balaban J connectivity index is 2.71. The van der Waals surface area contributed by atoms with E-state index in [1.54, 1.807) is 44.3 Å². The second kappa shape index (κ2) is 10.5. The van der Waals surface area contributed by atoms with Crippen LogP contribution in [0.25, 0.3) is 0 Å². The molecule has 0 aliphatic rings. The average Bonchev–Trinajstić information content (AvgIpc) is 2.62. The fourth-order valence-electron chi connectivity index (χ4n) is 2.13. The summed E-state index contributed by atoms with van der Waals surface area (Å²) in [4.78, 5) is 36.1. The van der Waals surface area contributed by atoms with Crippen molar-refractivity contribution >= 4 is 17.8 Å². The number of alkyl halides is 3. The van der Waals surface area contributed by atoms with Gasteiger partial charge in [-0.15, -0.1) is 0 Å². The Labute approximate surface area is 160 Å². The zero-order valence-electron chi connectivity index (χ0n) is 15.8. The maximum absolute atomic E-state index is 12.5. The van der Waals surface area contributed by atoms with E-state index in [0.717, 1.165) is 0 Å². The topological polar surface area (TPSA) is 93.7 Å². The summed E-state index contributed by atoms with van der Waals surface area (Å²) in [5.74, 6) is -2.67. The third-order valence-electron chi connectivity index (χ3n) is 3.47. The van der Waals surface area contributed by atoms with Gasteiger partial charge in [-0.3, -0.25) is 9.59 Å². The standard InChI is InChI=1S/C18H23F3N2O5/c1-4-27-13-8-6-5-7-12(13)16(25)23-15(11(2)3)17(26)28-9-14(24)22-10-18(19,20)21/h5-8,11,15H,4,9-10H2,1-3H3,(H,22,24)(H,23,25)/t15-/m0/s1. The van der Waals surface area contributed by atoms with Crippen LogP contribution in [0.1, 0.15) is 31.1 Å². The Bertz CT molecular complexity index is 692. The van der Waals surface area contributed by atoms with Gasteiger partial charge in [-0.25, -0.2) is 4.79 Å². The van der Waals surface area contributed by atoms with E-state index in [1.165, 1.54) is 6.07 Å². The van der Waals surface area contributed by atoms with Gasteiger partial charge in [0.2, 0.25) is 0 Å².